The fourth-order valence-electron chi connectivity index (χ4n) is 0.770. The van der Waals surface area contributed by atoms with Gasteiger partial charge in [0.05, 0.1) is 13.2 Å². The lowest BCUT2D eigenvalue weighted by Gasteiger charge is -2.02. The molecule has 5 nitrogen and oxygen atoms in total. The van der Waals surface area contributed by atoms with Crippen LogP contribution in [0, 0.1) is 0 Å². The van der Waals surface area contributed by atoms with Crippen molar-refractivity contribution < 1.29 is 9.84 Å². The number of nitrogens with two attached hydrogens (primary N) is 1. The lowest BCUT2D eigenvalue weighted by Crippen LogP contribution is -2.31. The molecule has 13 heavy (non-hydrogen) atoms. The molecule has 0 rings (SSSR count). The molecule has 5 heteroatoms. The second-order valence-electron chi connectivity index (χ2n) is 2.49. The SMILES string of the molecule is CCNC(N)=NCCCOCCO. The van der Waals surface area contributed by atoms with E-state index in [1.807, 2.05) is 6.92 Å². The number of hydrogen-bond acceptors (Lipinski definition) is 3. The number of guanidine groups is 1. The van der Waals surface area contributed by atoms with Crippen molar-refractivity contribution in [3.8, 4) is 0 Å². The van der Waals surface area contributed by atoms with E-state index in [-0.39, 0.29) is 6.61 Å². The van der Waals surface area contributed by atoms with Gasteiger partial charge in [-0.15, -0.1) is 0 Å². The van der Waals surface area contributed by atoms with Crippen molar-refractivity contribution in [2.24, 2.45) is 10.7 Å². The summed E-state index contributed by atoms with van der Waals surface area (Å²) in [6, 6.07) is 0. The molecule has 0 fully saturated rings. The third-order valence-corrected chi connectivity index (χ3v) is 1.32. The minimum absolute atomic E-state index is 0.0722. The average Bonchev–Trinajstić information content (AvgIpc) is 2.11. The van der Waals surface area contributed by atoms with Crippen LogP contribution in [0.3, 0.4) is 0 Å². The summed E-state index contributed by atoms with van der Waals surface area (Å²) in [4.78, 5) is 4.05. The Bertz CT molecular complexity index is 139. The lowest BCUT2D eigenvalue weighted by atomic mass is 10.4. The maximum absolute atomic E-state index is 8.40. The number of hydrogen-bond donors (Lipinski definition) is 3. The normalized spacial score (nSPS) is 11.7. The number of nitrogens with zero attached hydrogens (tertiary/aromatic N) is 1. The molecule has 0 saturated carbocycles. The van der Waals surface area contributed by atoms with Gasteiger partial charge in [0.15, 0.2) is 5.96 Å². The van der Waals surface area contributed by atoms with Crippen LogP contribution >= 0.6 is 0 Å². The van der Waals surface area contributed by atoms with Crippen LogP contribution < -0.4 is 11.1 Å². The number of nitrogens with one attached hydrogen (secondary N) is 1. The van der Waals surface area contributed by atoms with E-state index in [9.17, 15) is 0 Å². The van der Waals surface area contributed by atoms with Gasteiger partial charge in [0.2, 0.25) is 0 Å². The van der Waals surface area contributed by atoms with E-state index >= 15 is 0 Å². The summed E-state index contributed by atoms with van der Waals surface area (Å²) in [6.45, 7) is 4.49. The number of ether oxygens (including phenoxy) is 1. The minimum atomic E-state index is 0.0722. The molecule has 0 aliphatic rings. The van der Waals surface area contributed by atoms with Crippen molar-refractivity contribution in [3.05, 3.63) is 0 Å². The predicted molar refractivity (Wildman–Crippen MR) is 52.7 cm³/mol. The number of aliphatic hydroxyl groups is 1. The highest BCUT2D eigenvalue weighted by atomic mass is 16.5. The Morgan fingerprint density at radius 1 is 1.54 bits per heavy atom. The molecule has 0 spiro atoms. The average molecular weight is 189 g/mol. The molecule has 4 N–H and O–H groups in total. The molecule has 0 unspecified atom stereocenters. The van der Waals surface area contributed by atoms with E-state index in [1.165, 1.54) is 0 Å². The van der Waals surface area contributed by atoms with Gasteiger partial charge >= 0.3 is 0 Å². The van der Waals surface area contributed by atoms with Gasteiger partial charge in [-0.2, -0.15) is 0 Å². The summed E-state index contributed by atoms with van der Waals surface area (Å²) >= 11 is 0. The van der Waals surface area contributed by atoms with Crippen LogP contribution in [0.25, 0.3) is 0 Å². The molecule has 0 bridgehead atoms. The van der Waals surface area contributed by atoms with Crippen LogP contribution in [0.2, 0.25) is 0 Å². The first-order valence-corrected chi connectivity index (χ1v) is 4.53. The maximum atomic E-state index is 8.40. The molecule has 0 amide bonds. The summed E-state index contributed by atoms with van der Waals surface area (Å²) in [5.74, 6) is 0.477. The molecular formula is C8H19N3O2. The van der Waals surface area contributed by atoms with Crippen molar-refractivity contribution in [3.63, 3.8) is 0 Å². The Kier molecular flexibility index (Phi) is 8.70. The molecule has 0 saturated heterocycles. The zero-order valence-corrected chi connectivity index (χ0v) is 8.12. The van der Waals surface area contributed by atoms with Crippen LogP contribution in [0.5, 0.6) is 0 Å². The van der Waals surface area contributed by atoms with E-state index in [4.69, 9.17) is 15.6 Å². The van der Waals surface area contributed by atoms with Crippen LogP contribution in [-0.4, -0.2) is 44.0 Å². The van der Waals surface area contributed by atoms with E-state index in [1.54, 1.807) is 0 Å². The van der Waals surface area contributed by atoms with Gasteiger partial charge < -0.3 is 20.9 Å². The van der Waals surface area contributed by atoms with Crippen molar-refractivity contribution in [2.45, 2.75) is 13.3 Å². The largest absolute Gasteiger partial charge is 0.394 e. The second kappa shape index (κ2) is 9.28. The van der Waals surface area contributed by atoms with E-state index < -0.39 is 0 Å². The van der Waals surface area contributed by atoms with Crippen molar-refractivity contribution >= 4 is 5.96 Å². The van der Waals surface area contributed by atoms with Crippen LogP contribution in [0.4, 0.5) is 0 Å². The minimum Gasteiger partial charge on any atom is -0.394 e. The molecule has 0 aromatic heterocycles. The molecule has 78 valence electrons. The van der Waals surface area contributed by atoms with Crippen molar-refractivity contribution in [2.75, 3.05) is 32.9 Å². The fraction of sp³-hybridized carbons (Fsp3) is 0.875. The summed E-state index contributed by atoms with van der Waals surface area (Å²) in [5, 5.41) is 11.3. The van der Waals surface area contributed by atoms with Crippen LogP contribution in [0.15, 0.2) is 4.99 Å². The maximum Gasteiger partial charge on any atom is 0.188 e. The Morgan fingerprint density at radius 2 is 2.31 bits per heavy atom. The van der Waals surface area contributed by atoms with Gasteiger partial charge in [0, 0.05) is 19.7 Å². The molecule has 0 heterocycles. The fourth-order valence-corrected chi connectivity index (χ4v) is 0.770. The third kappa shape index (κ3) is 9.10. The first-order chi connectivity index (χ1) is 6.31. The summed E-state index contributed by atoms with van der Waals surface area (Å²) < 4.78 is 5.04. The molecule has 0 aromatic carbocycles. The smallest absolute Gasteiger partial charge is 0.188 e. The van der Waals surface area contributed by atoms with Gasteiger partial charge in [-0.1, -0.05) is 0 Å². The first kappa shape index (κ1) is 12.2. The molecule has 0 radical (unpaired) electrons. The highest BCUT2D eigenvalue weighted by Crippen LogP contribution is 1.83. The van der Waals surface area contributed by atoms with E-state index in [0.29, 0.717) is 25.7 Å². The van der Waals surface area contributed by atoms with Gasteiger partial charge in [0.1, 0.15) is 0 Å². The topological polar surface area (TPSA) is 79.9 Å². The van der Waals surface area contributed by atoms with E-state index in [2.05, 4.69) is 10.3 Å². The van der Waals surface area contributed by atoms with E-state index in [0.717, 1.165) is 13.0 Å². The highest BCUT2D eigenvalue weighted by Gasteiger charge is 1.89. The number of rotatable bonds is 7. The summed E-state index contributed by atoms with van der Waals surface area (Å²) in [6.07, 6.45) is 0.825. The Labute approximate surface area is 79.0 Å². The van der Waals surface area contributed by atoms with Crippen LogP contribution in [0.1, 0.15) is 13.3 Å². The zero-order valence-electron chi connectivity index (χ0n) is 8.12. The lowest BCUT2D eigenvalue weighted by molar-refractivity contribution is 0.0918. The quantitative estimate of drug-likeness (QED) is 0.281. The Balaban J connectivity index is 3.18. The number of aliphatic hydroxyl groups excluding tert-OH is 1. The van der Waals surface area contributed by atoms with Crippen molar-refractivity contribution in [1.82, 2.24) is 5.32 Å². The monoisotopic (exact) mass is 189 g/mol. The Morgan fingerprint density at radius 3 is 2.92 bits per heavy atom. The van der Waals surface area contributed by atoms with Gasteiger partial charge in [0.25, 0.3) is 0 Å². The second-order valence-corrected chi connectivity index (χ2v) is 2.49. The molecular weight excluding hydrogens is 170 g/mol. The summed E-state index contributed by atoms with van der Waals surface area (Å²) in [5.41, 5.74) is 5.48. The summed E-state index contributed by atoms with van der Waals surface area (Å²) in [7, 11) is 0. The molecule has 0 atom stereocenters. The van der Waals surface area contributed by atoms with Gasteiger partial charge in [-0.25, -0.2) is 0 Å². The zero-order chi connectivity index (χ0) is 9.94. The van der Waals surface area contributed by atoms with Crippen molar-refractivity contribution in [1.29, 1.82) is 0 Å². The first-order valence-electron chi connectivity index (χ1n) is 4.53. The Hall–Kier alpha value is -0.810. The molecule has 0 aliphatic heterocycles. The molecule has 0 aliphatic carbocycles. The highest BCUT2D eigenvalue weighted by molar-refractivity contribution is 5.77. The van der Waals surface area contributed by atoms with Gasteiger partial charge in [-0.05, 0) is 13.3 Å². The predicted octanol–water partition coefficient (Wildman–Crippen LogP) is -0.690. The standard InChI is InChI=1S/C8H19N3O2/c1-2-10-8(9)11-4-3-6-13-7-5-12/h12H,2-7H2,1H3,(H3,9,10,11). The van der Waals surface area contributed by atoms with Crippen LogP contribution in [-0.2, 0) is 4.74 Å². The van der Waals surface area contributed by atoms with Gasteiger partial charge in [-0.3, -0.25) is 4.99 Å². The number of aliphatic imine (C=N–C) groups is 1. The third-order valence-electron chi connectivity index (χ3n) is 1.32. The molecule has 0 aromatic rings.